The van der Waals surface area contributed by atoms with Gasteiger partial charge in [-0.1, -0.05) is 35.9 Å². The Kier molecular flexibility index (Phi) is 5.71. The fraction of sp³-hybridized carbons (Fsp3) is 0.238. The van der Waals surface area contributed by atoms with E-state index in [1.54, 1.807) is 17.8 Å². The van der Waals surface area contributed by atoms with Crippen LogP contribution in [0.1, 0.15) is 33.4 Å². The largest absolute Gasteiger partial charge is 0.365 e. The van der Waals surface area contributed by atoms with Gasteiger partial charge in [-0.2, -0.15) is 5.10 Å². The van der Waals surface area contributed by atoms with Crippen LogP contribution < -0.4 is 5.32 Å². The zero-order valence-electron chi connectivity index (χ0n) is 15.4. The summed E-state index contributed by atoms with van der Waals surface area (Å²) in [6, 6.07) is 17.6. The number of halogens is 1. The van der Waals surface area contributed by atoms with Crippen molar-refractivity contribution in [3.8, 4) is 0 Å². The molecule has 144 valence electrons. The first-order chi connectivity index (χ1) is 13.6. The quantitative estimate of drug-likeness (QED) is 0.627. The van der Waals surface area contributed by atoms with Gasteiger partial charge in [0.05, 0.1) is 18.8 Å². The molecule has 7 heteroatoms. The number of carbonyl (C=O) groups is 1. The van der Waals surface area contributed by atoms with Crippen molar-refractivity contribution in [2.24, 2.45) is 0 Å². The van der Waals surface area contributed by atoms with E-state index < -0.39 is 0 Å². The summed E-state index contributed by atoms with van der Waals surface area (Å²) in [4.78, 5) is 13.7. The van der Waals surface area contributed by atoms with E-state index in [2.05, 4.69) is 22.5 Å². The Labute approximate surface area is 173 Å². The summed E-state index contributed by atoms with van der Waals surface area (Å²) >= 11 is 7.65. The van der Waals surface area contributed by atoms with Crippen LogP contribution in [0, 0.1) is 0 Å². The lowest BCUT2D eigenvalue weighted by atomic mass is 10.1. The molecule has 3 aromatic rings. The summed E-state index contributed by atoms with van der Waals surface area (Å²) in [7, 11) is 0. The topological polar surface area (TPSA) is 56.2 Å². The van der Waals surface area contributed by atoms with Crippen LogP contribution in [-0.4, -0.2) is 21.9 Å². The van der Waals surface area contributed by atoms with Crippen LogP contribution in [-0.2, 0) is 24.4 Å². The van der Waals surface area contributed by atoms with Crippen molar-refractivity contribution < 1.29 is 9.53 Å². The van der Waals surface area contributed by atoms with Crippen LogP contribution in [0.3, 0.4) is 0 Å². The van der Waals surface area contributed by atoms with E-state index in [9.17, 15) is 4.79 Å². The number of benzene rings is 2. The van der Waals surface area contributed by atoms with Gasteiger partial charge in [0.15, 0.2) is 5.69 Å². The van der Waals surface area contributed by atoms with Gasteiger partial charge in [-0.25, -0.2) is 0 Å². The number of amides is 1. The van der Waals surface area contributed by atoms with E-state index >= 15 is 0 Å². The Morgan fingerprint density at radius 3 is 2.71 bits per heavy atom. The average Bonchev–Trinajstić information content (AvgIpc) is 3.16. The highest BCUT2D eigenvalue weighted by atomic mass is 35.5. The van der Waals surface area contributed by atoms with Crippen molar-refractivity contribution >= 4 is 29.3 Å². The molecule has 2 aromatic carbocycles. The van der Waals surface area contributed by atoms with E-state index in [4.69, 9.17) is 16.3 Å². The van der Waals surface area contributed by atoms with Gasteiger partial charge in [0.25, 0.3) is 5.91 Å². The van der Waals surface area contributed by atoms with Crippen molar-refractivity contribution in [1.29, 1.82) is 0 Å². The van der Waals surface area contributed by atoms with Crippen LogP contribution in [0.15, 0.2) is 59.5 Å². The summed E-state index contributed by atoms with van der Waals surface area (Å²) in [5.74, 6) is -0.182. The molecule has 1 unspecified atom stereocenters. The molecule has 0 spiro atoms. The van der Waals surface area contributed by atoms with Gasteiger partial charge in [0, 0.05) is 16.5 Å². The molecule has 1 N–H and O–H groups in total. The smallest absolute Gasteiger partial charge is 0.272 e. The fourth-order valence-electron chi connectivity index (χ4n) is 3.13. The predicted octanol–water partition coefficient (Wildman–Crippen LogP) is 4.46. The molecule has 1 atom stereocenters. The molecular formula is C21H20ClN3O2S. The van der Waals surface area contributed by atoms with E-state index in [-0.39, 0.29) is 12.0 Å². The molecular weight excluding hydrogens is 394 g/mol. The third kappa shape index (κ3) is 4.24. The molecule has 0 saturated carbocycles. The maximum atomic E-state index is 12.5. The first-order valence-corrected chi connectivity index (χ1v) is 10.6. The zero-order valence-corrected chi connectivity index (χ0v) is 17.0. The van der Waals surface area contributed by atoms with E-state index in [1.165, 1.54) is 4.90 Å². The molecule has 0 aliphatic carbocycles. The van der Waals surface area contributed by atoms with E-state index in [0.29, 0.717) is 30.4 Å². The van der Waals surface area contributed by atoms with Crippen LogP contribution >= 0.6 is 23.4 Å². The van der Waals surface area contributed by atoms with Crippen molar-refractivity contribution in [1.82, 2.24) is 15.1 Å². The molecule has 1 aliphatic rings. The van der Waals surface area contributed by atoms with Crippen LogP contribution in [0.4, 0.5) is 0 Å². The Bertz CT molecular complexity index is 970. The Morgan fingerprint density at radius 2 is 2.00 bits per heavy atom. The lowest BCUT2D eigenvalue weighted by Gasteiger charge is -2.24. The lowest BCUT2D eigenvalue weighted by Crippen LogP contribution is -2.24. The second kappa shape index (κ2) is 8.39. The van der Waals surface area contributed by atoms with Crippen LogP contribution in [0.25, 0.3) is 0 Å². The Morgan fingerprint density at radius 1 is 1.25 bits per heavy atom. The monoisotopic (exact) mass is 413 g/mol. The number of thioether (sulfide) groups is 1. The fourth-order valence-corrected chi connectivity index (χ4v) is 3.67. The van der Waals surface area contributed by atoms with Crippen molar-refractivity contribution in [2.75, 3.05) is 6.26 Å². The lowest BCUT2D eigenvalue weighted by molar-refractivity contribution is -0.00119. The average molecular weight is 414 g/mol. The van der Waals surface area contributed by atoms with Gasteiger partial charge in [0.2, 0.25) is 0 Å². The summed E-state index contributed by atoms with van der Waals surface area (Å²) in [6.45, 7) is 1.46. The van der Waals surface area contributed by atoms with Gasteiger partial charge in [-0.15, -0.1) is 11.8 Å². The summed E-state index contributed by atoms with van der Waals surface area (Å²) in [6.07, 6.45) is 1.94. The van der Waals surface area contributed by atoms with E-state index in [0.717, 1.165) is 16.8 Å². The Balaban J connectivity index is 1.40. The van der Waals surface area contributed by atoms with Gasteiger partial charge < -0.3 is 10.1 Å². The van der Waals surface area contributed by atoms with Crippen LogP contribution in [0.2, 0.25) is 5.02 Å². The molecule has 1 aromatic heterocycles. The second-order valence-corrected chi connectivity index (χ2v) is 7.90. The number of aromatic nitrogens is 2. The van der Waals surface area contributed by atoms with Crippen molar-refractivity contribution in [2.45, 2.75) is 30.7 Å². The number of rotatable bonds is 5. The summed E-state index contributed by atoms with van der Waals surface area (Å²) in [5.41, 5.74) is 3.42. The normalized spacial score (nSPS) is 15.9. The molecule has 0 bridgehead atoms. The second-order valence-electron chi connectivity index (χ2n) is 6.58. The highest BCUT2D eigenvalue weighted by Gasteiger charge is 2.24. The number of carbonyl (C=O) groups excluding carboxylic acids is 1. The zero-order chi connectivity index (χ0) is 19.5. The first kappa shape index (κ1) is 19.1. The number of hydrogen-bond acceptors (Lipinski definition) is 4. The minimum Gasteiger partial charge on any atom is -0.365 e. The highest BCUT2D eigenvalue weighted by molar-refractivity contribution is 7.98. The number of nitrogens with one attached hydrogen (secondary N) is 1. The molecule has 0 radical (unpaired) electrons. The minimum absolute atomic E-state index is 0.101. The summed E-state index contributed by atoms with van der Waals surface area (Å²) < 4.78 is 7.79. The molecule has 0 saturated heterocycles. The number of hydrogen-bond donors (Lipinski definition) is 1. The number of nitrogens with zero attached hydrogens (tertiary/aromatic N) is 2. The van der Waals surface area contributed by atoms with Gasteiger partial charge in [0.1, 0.15) is 6.10 Å². The van der Waals surface area contributed by atoms with Crippen LogP contribution in [0.5, 0.6) is 0 Å². The number of ether oxygens (including phenoxy) is 1. The minimum atomic E-state index is -0.182. The molecule has 5 nitrogen and oxygen atoms in total. The van der Waals surface area contributed by atoms with Gasteiger partial charge in [-0.05, 0) is 47.7 Å². The van der Waals surface area contributed by atoms with Crippen molar-refractivity contribution in [3.63, 3.8) is 0 Å². The SMILES string of the molecule is CSc1ccc(CNC(=O)c2cc3n(n2)CC(c2ccc(Cl)cc2)OC3)cc1. The molecule has 1 aliphatic heterocycles. The van der Waals surface area contributed by atoms with E-state index in [1.807, 2.05) is 47.3 Å². The number of fused-ring (bicyclic) bond motifs is 1. The molecule has 28 heavy (non-hydrogen) atoms. The maximum Gasteiger partial charge on any atom is 0.272 e. The van der Waals surface area contributed by atoms with Gasteiger partial charge in [-0.3, -0.25) is 9.48 Å². The highest BCUT2D eigenvalue weighted by Crippen LogP contribution is 2.27. The van der Waals surface area contributed by atoms with Crippen molar-refractivity contribution in [3.05, 3.63) is 82.1 Å². The summed E-state index contributed by atoms with van der Waals surface area (Å²) in [5, 5.41) is 8.11. The maximum absolute atomic E-state index is 12.5. The third-order valence-electron chi connectivity index (χ3n) is 4.72. The molecule has 0 fully saturated rings. The molecule has 1 amide bonds. The van der Waals surface area contributed by atoms with Gasteiger partial charge >= 0.3 is 0 Å². The molecule has 4 rings (SSSR count). The third-order valence-corrected chi connectivity index (χ3v) is 5.72. The Hall–Kier alpha value is -2.28. The first-order valence-electron chi connectivity index (χ1n) is 8.97. The standard InChI is InChI=1S/C21H20ClN3O2S/c1-28-18-8-2-14(3-9-18)11-23-21(26)19-10-17-13-27-20(12-25(17)24-19)15-4-6-16(22)7-5-15/h2-10,20H,11-13H2,1H3,(H,23,26). The predicted molar refractivity (Wildman–Crippen MR) is 111 cm³/mol. The molecule has 2 heterocycles.